The lowest BCUT2D eigenvalue weighted by molar-refractivity contribution is -0.0618. The lowest BCUT2D eigenvalue weighted by Gasteiger charge is -2.51. The molecule has 0 bridgehead atoms. The van der Waals surface area contributed by atoms with Gasteiger partial charge in [-0.25, -0.2) is 4.98 Å². The van der Waals surface area contributed by atoms with Gasteiger partial charge in [0.05, 0.1) is 19.9 Å². The lowest BCUT2D eigenvalue weighted by atomic mass is 9.68. The first-order chi connectivity index (χ1) is 16.4. The van der Waals surface area contributed by atoms with Crippen molar-refractivity contribution in [2.45, 2.75) is 43.1 Å². The third-order valence-electron chi connectivity index (χ3n) is 7.68. The predicted octanol–water partition coefficient (Wildman–Crippen LogP) is 2.17. The van der Waals surface area contributed by atoms with Crippen molar-refractivity contribution in [3.8, 4) is 11.9 Å². The SMILES string of the molecule is COCCN1C(O)N(c2cnc(C#N)nc2OC)C[C@]12CC[C@](c1ccccc1)(N(C)C)CC2. The van der Waals surface area contributed by atoms with Crippen LogP contribution < -0.4 is 9.64 Å². The van der Waals surface area contributed by atoms with Crippen LogP contribution in [0.4, 0.5) is 5.69 Å². The van der Waals surface area contributed by atoms with E-state index in [4.69, 9.17) is 9.47 Å². The third-order valence-corrected chi connectivity index (χ3v) is 7.68. The molecule has 0 radical (unpaired) electrons. The summed E-state index contributed by atoms with van der Waals surface area (Å²) in [6.07, 6.45) is 4.46. The minimum atomic E-state index is -0.871. The van der Waals surface area contributed by atoms with Crippen molar-refractivity contribution in [1.29, 1.82) is 5.26 Å². The first kappa shape index (κ1) is 24.4. The average Bonchev–Trinajstić information content (AvgIpc) is 3.13. The van der Waals surface area contributed by atoms with Crippen LogP contribution in [0.15, 0.2) is 36.5 Å². The molecule has 2 heterocycles. The molecule has 182 valence electrons. The number of aliphatic hydroxyl groups excluding tert-OH is 1. The molecule has 1 aliphatic heterocycles. The molecule has 1 saturated carbocycles. The van der Waals surface area contributed by atoms with Crippen LogP contribution in [0.1, 0.15) is 37.1 Å². The topological polar surface area (TPSA) is 98.0 Å². The van der Waals surface area contributed by atoms with E-state index in [2.05, 4.69) is 64.2 Å². The van der Waals surface area contributed by atoms with Crippen molar-refractivity contribution in [2.24, 2.45) is 0 Å². The summed E-state index contributed by atoms with van der Waals surface area (Å²) >= 11 is 0. The van der Waals surface area contributed by atoms with Gasteiger partial charge in [-0.05, 0) is 45.3 Å². The predicted molar refractivity (Wildman–Crippen MR) is 128 cm³/mol. The highest BCUT2D eigenvalue weighted by Crippen LogP contribution is 2.50. The third kappa shape index (κ3) is 4.12. The van der Waals surface area contributed by atoms with Gasteiger partial charge in [0.15, 0.2) is 6.35 Å². The molecule has 2 fully saturated rings. The summed E-state index contributed by atoms with van der Waals surface area (Å²) in [5.41, 5.74) is 1.63. The lowest BCUT2D eigenvalue weighted by Crippen LogP contribution is -2.56. The van der Waals surface area contributed by atoms with Crippen molar-refractivity contribution in [2.75, 3.05) is 52.9 Å². The molecule has 1 saturated heterocycles. The molecule has 1 aromatic carbocycles. The van der Waals surface area contributed by atoms with Crippen LogP contribution in [0, 0.1) is 11.3 Å². The summed E-state index contributed by atoms with van der Waals surface area (Å²) < 4.78 is 10.8. The van der Waals surface area contributed by atoms with E-state index in [1.807, 2.05) is 11.0 Å². The van der Waals surface area contributed by atoms with E-state index in [1.54, 1.807) is 13.3 Å². The second kappa shape index (κ2) is 9.84. The Labute approximate surface area is 201 Å². The highest BCUT2D eigenvalue weighted by atomic mass is 16.5. The van der Waals surface area contributed by atoms with Crippen molar-refractivity contribution in [3.63, 3.8) is 0 Å². The molecular weight excluding hydrogens is 432 g/mol. The minimum Gasteiger partial charge on any atom is -0.479 e. The van der Waals surface area contributed by atoms with Gasteiger partial charge in [-0.15, -0.1) is 0 Å². The monoisotopic (exact) mass is 466 g/mol. The molecule has 2 aromatic rings. The van der Waals surface area contributed by atoms with Gasteiger partial charge in [0.25, 0.3) is 0 Å². The van der Waals surface area contributed by atoms with E-state index in [1.165, 1.54) is 12.7 Å². The number of ether oxygens (including phenoxy) is 2. The number of methoxy groups -OCH3 is 2. The fourth-order valence-corrected chi connectivity index (χ4v) is 5.73. The molecule has 1 spiro atoms. The Balaban J connectivity index is 1.66. The molecule has 9 nitrogen and oxygen atoms in total. The average molecular weight is 467 g/mol. The highest BCUT2D eigenvalue weighted by Gasteiger charge is 2.55. The van der Waals surface area contributed by atoms with Crippen LogP contribution in [0.3, 0.4) is 0 Å². The molecule has 1 unspecified atom stereocenters. The zero-order valence-corrected chi connectivity index (χ0v) is 20.4. The van der Waals surface area contributed by atoms with Crippen LogP contribution in [-0.4, -0.2) is 84.8 Å². The quantitative estimate of drug-likeness (QED) is 0.658. The standard InChI is InChI=1S/C25H34N6O3/c1-29(2)25(19-8-6-5-7-9-19)12-10-24(11-13-25)18-30(23(32)31(24)14-15-33-3)20-17-27-21(16-26)28-22(20)34-4/h5-9,17,23,32H,10-15,18H2,1-4H3/t23?,24-,25+. The maximum absolute atomic E-state index is 11.5. The van der Waals surface area contributed by atoms with Gasteiger partial charge >= 0.3 is 0 Å². The Morgan fingerprint density at radius 1 is 1.18 bits per heavy atom. The van der Waals surface area contributed by atoms with Crippen LogP contribution in [0.2, 0.25) is 0 Å². The Hall–Kier alpha value is -2.77. The van der Waals surface area contributed by atoms with Crippen LogP contribution >= 0.6 is 0 Å². The molecule has 1 N–H and O–H groups in total. The number of hydrogen-bond acceptors (Lipinski definition) is 9. The van der Waals surface area contributed by atoms with Gasteiger partial charge in [0.1, 0.15) is 11.8 Å². The van der Waals surface area contributed by atoms with Crippen LogP contribution in [0.5, 0.6) is 5.88 Å². The Kier molecular flexibility index (Phi) is 7.05. The highest BCUT2D eigenvalue weighted by molar-refractivity contribution is 5.56. The largest absolute Gasteiger partial charge is 0.479 e. The van der Waals surface area contributed by atoms with Crippen molar-refractivity contribution >= 4 is 5.69 Å². The molecule has 1 aliphatic carbocycles. The smallest absolute Gasteiger partial charge is 0.241 e. The number of rotatable bonds is 7. The summed E-state index contributed by atoms with van der Waals surface area (Å²) in [4.78, 5) is 14.7. The number of benzene rings is 1. The van der Waals surface area contributed by atoms with Gasteiger partial charge < -0.3 is 19.5 Å². The summed E-state index contributed by atoms with van der Waals surface area (Å²) in [5, 5.41) is 20.6. The Morgan fingerprint density at radius 2 is 1.88 bits per heavy atom. The first-order valence-electron chi connectivity index (χ1n) is 11.7. The second-order valence-electron chi connectivity index (χ2n) is 9.38. The maximum Gasteiger partial charge on any atom is 0.241 e. The number of aliphatic hydroxyl groups is 1. The maximum atomic E-state index is 11.5. The summed E-state index contributed by atoms with van der Waals surface area (Å²) in [7, 11) is 7.50. The van der Waals surface area contributed by atoms with E-state index in [-0.39, 0.29) is 22.8 Å². The van der Waals surface area contributed by atoms with E-state index < -0.39 is 6.35 Å². The number of nitriles is 1. The number of anilines is 1. The zero-order chi connectivity index (χ0) is 24.3. The van der Waals surface area contributed by atoms with E-state index in [0.29, 0.717) is 25.4 Å². The van der Waals surface area contributed by atoms with Crippen LogP contribution in [0.25, 0.3) is 0 Å². The Bertz CT molecular complexity index is 1020. The molecule has 2 aliphatic rings. The van der Waals surface area contributed by atoms with E-state index in [9.17, 15) is 10.4 Å². The fraction of sp³-hybridized carbons (Fsp3) is 0.560. The fourth-order valence-electron chi connectivity index (χ4n) is 5.73. The van der Waals surface area contributed by atoms with Crippen LogP contribution in [-0.2, 0) is 10.3 Å². The van der Waals surface area contributed by atoms with Gasteiger partial charge in [-0.3, -0.25) is 9.80 Å². The van der Waals surface area contributed by atoms with E-state index >= 15 is 0 Å². The molecule has 0 amide bonds. The first-order valence-corrected chi connectivity index (χ1v) is 11.7. The normalized spacial score (nSPS) is 27.3. The minimum absolute atomic E-state index is 0.0385. The molecule has 34 heavy (non-hydrogen) atoms. The molecule has 9 heteroatoms. The van der Waals surface area contributed by atoms with Crippen molar-refractivity contribution in [3.05, 3.63) is 47.9 Å². The van der Waals surface area contributed by atoms with Gasteiger partial charge in [0, 0.05) is 31.3 Å². The zero-order valence-electron chi connectivity index (χ0n) is 20.4. The number of aromatic nitrogens is 2. The Morgan fingerprint density at radius 3 is 2.47 bits per heavy atom. The number of hydrogen-bond donors (Lipinski definition) is 1. The summed E-state index contributed by atoms with van der Waals surface area (Å²) in [6, 6.07) is 12.6. The summed E-state index contributed by atoms with van der Waals surface area (Å²) in [5.74, 6) is 0.327. The van der Waals surface area contributed by atoms with Gasteiger partial charge in [0.2, 0.25) is 11.7 Å². The van der Waals surface area contributed by atoms with E-state index in [0.717, 1.165) is 25.7 Å². The molecule has 1 atom stereocenters. The molecule has 4 rings (SSSR count). The summed E-state index contributed by atoms with van der Waals surface area (Å²) in [6.45, 7) is 1.74. The number of nitrogens with zero attached hydrogens (tertiary/aromatic N) is 6. The molecular formula is C25H34N6O3. The van der Waals surface area contributed by atoms with Crippen molar-refractivity contribution in [1.82, 2.24) is 19.8 Å². The van der Waals surface area contributed by atoms with Gasteiger partial charge in [-0.1, -0.05) is 30.3 Å². The van der Waals surface area contributed by atoms with Gasteiger partial charge in [-0.2, -0.15) is 10.2 Å². The van der Waals surface area contributed by atoms with Crippen molar-refractivity contribution < 1.29 is 14.6 Å². The second-order valence-corrected chi connectivity index (χ2v) is 9.38. The molecule has 1 aromatic heterocycles.